The molecule has 0 amide bonds. The van der Waals surface area contributed by atoms with Gasteiger partial charge in [0.15, 0.2) is 5.78 Å². The van der Waals surface area contributed by atoms with Crippen molar-refractivity contribution in [3.05, 3.63) is 59.2 Å². The number of carbonyl (C=O) groups excluding carboxylic acids is 1. The molecule has 2 aromatic heterocycles. The number of benzene rings is 1. The number of H-pyrrole nitrogens is 1. The number of fused-ring (bicyclic) bond motifs is 1. The van der Waals surface area contributed by atoms with Crippen LogP contribution in [-0.2, 0) is 6.42 Å². The highest BCUT2D eigenvalue weighted by molar-refractivity contribution is 6.17. The maximum Gasteiger partial charge on any atom is 0.198 e. The monoisotopic (exact) mass is 264 g/mol. The summed E-state index contributed by atoms with van der Waals surface area (Å²) in [6.45, 7) is 1.94. The summed E-state index contributed by atoms with van der Waals surface area (Å²) in [6, 6.07) is 9.16. The fourth-order valence-corrected chi connectivity index (χ4v) is 2.42. The van der Waals surface area contributed by atoms with Crippen LogP contribution in [0.5, 0.6) is 0 Å². The van der Waals surface area contributed by atoms with Crippen LogP contribution in [0.15, 0.2) is 41.1 Å². The molecule has 0 saturated heterocycles. The SMILES string of the molecule is CCc1occc1C(=O)c1c[nH]c2cccc(C#N)c12. The van der Waals surface area contributed by atoms with Crippen LogP contribution in [0.4, 0.5) is 0 Å². The second kappa shape index (κ2) is 4.71. The first-order valence-corrected chi connectivity index (χ1v) is 6.37. The summed E-state index contributed by atoms with van der Waals surface area (Å²) in [4.78, 5) is 15.7. The van der Waals surface area contributed by atoms with E-state index in [1.54, 1.807) is 24.4 Å². The summed E-state index contributed by atoms with van der Waals surface area (Å²) in [6.07, 6.45) is 3.83. The summed E-state index contributed by atoms with van der Waals surface area (Å²) in [5.41, 5.74) is 2.34. The van der Waals surface area contributed by atoms with Crippen LogP contribution in [0.2, 0.25) is 0 Å². The van der Waals surface area contributed by atoms with Crippen molar-refractivity contribution in [3.63, 3.8) is 0 Å². The van der Waals surface area contributed by atoms with E-state index in [0.29, 0.717) is 34.3 Å². The van der Waals surface area contributed by atoms with Gasteiger partial charge in [0.1, 0.15) is 5.76 Å². The van der Waals surface area contributed by atoms with Crippen molar-refractivity contribution in [2.45, 2.75) is 13.3 Å². The first-order chi connectivity index (χ1) is 9.76. The molecular weight excluding hydrogens is 252 g/mol. The highest BCUT2D eigenvalue weighted by Gasteiger charge is 2.20. The Morgan fingerprint density at radius 2 is 2.20 bits per heavy atom. The van der Waals surface area contributed by atoms with Gasteiger partial charge in [-0.15, -0.1) is 0 Å². The van der Waals surface area contributed by atoms with Gasteiger partial charge in [0, 0.05) is 29.1 Å². The Bertz CT molecular complexity index is 834. The molecule has 0 radical (unpaired) electrons. The molecule has 0 spiro atoms. The smallest absolute Gasteiger partial charge is 0.198 e. The Morgan fingerprint density at radius 3 is 2.95 bits per heavy atom. The van der Waals surface area contributed by atoms with Gasteiger partial charge in [-0.2, -0.15) is 5.26 Å². The van der Waals surface area contributed by atoms with E-state index in [9.17, 15) is 10.1 Å². The number of ketones is 1. The lowest BCUT2D eigenvalue weighted by molar-refractivity contribution is 0.103. The second-order valence-corrected chi connectivity index (χ2v) is 4.48. The third-order valence-corrected chi connectivity index (χ3v) is 3.38. The van der Waals surface area contributed by atoms with Crippen LogP contribution < -0.4 is 0 Å². The molecule has 0 atom stereocenters. The molecular formula is C16H12N2O2. The third-order valence-electron chi connectivity index (χ3n) is 3.38. The fraction of sp³-hybridized carbons (Fsp3) is 0.125. The topological polar surface area (TPSA) is 69.8 Å². The standard InChI is InChI=1S/C16H12N2O2/c1-2-14-11(6-7-20-14)16(19)12-9-18-13-5-3-4-10(8-17)15(12)13/h3-7,9,18H,2H2,1H3. The third kappa shape index (κ3) is 1.72. The van der Waals surface area contributed by atoms with E-state index in [1.165, 1.54) is 6.26 Å². The van der Waals surface area contributed by atoms with Gasteiger partial charge in [0.05, 0.1) is 23.5 Å². The van der Waals surface area contributed by atoms with E-state index in [1.807, 2.05) is 13.0 Å². The summed E-state index contributed by atoms with van der Waals surface area (Å²) >= 11 is 0. The Balaban J connectivity index is 2.21. The Labute approximate surface area is 115 Å². The maximum absolute atomic E-state index is 12.6. The van der Waals surface area contributed by atoms with E-state index >= 15 is 0 Å². The molecule has 4 nitrogen and oxygen atoms in total. The number of carbonyl (C=O) groups is 1. The number of nitrogens with one attached hydrogen (secondary N) is 1. The highest BCUT2D eigenvalue weighted by Crippen LogP contribution is 2.26. The molecule has 3 aromatic rings. The normalized spacial score (nSPS) is 10.6. The zero-order valence-electron chi connectivity index (χ0n) is 10.9. The van der Waals surface area contributed by atoms with Gasteiger partial charge in [0.2, 0.25) is 0 Å². The number of furan rings is 1. The number of hydrogen-bond acceptors (Lipinski definition) is 3. The van der Waals surface area contributed by atoms with Gasteiger partial charge in [-0.1, -0.05) is 13.0 Å². The largest absolute Gasteiger partial charge is 0.469 e. The molecule has 1 aromatic carbocycles. The number of rotatable bonds is 3. The van der Waals surface area contributed by atoms with Crippen molar-refractivity contribution in [3.8, 4) is 6.07 Å². The minimum atomic E-state index is -0.121. The molecule has 0 fully saturated rings. The number of hydrogen-bond donors (Lipinski definition) is 1. The van der Waals surface area contributed by atoms with E-state index in [4.69, 9.17) is 4.42 Å². The van der Waals surface area contributed by atoms with Crippen molar-refractivity contribution in [1.82, 2.24) is 4.98 Å². The molecule has 0 bridgehead atoms. The zero-order chi connectivity index (χ0) is 14.1. The zero-order valence-corrected chi connectivity index (χ0v) is 10.9. The number of aryl methyl sites for hydroxylation is 1. The van der Waals surface area contributed by atoms with Gasteiger partial charge < -0.3 is 9.40 Å². The number of aromatic amines is 1. The summed E-state index contributed by atoms with van der Waals surface area (Å²) < 4.78 is 5.31. The fourth-order valence-electron chi connectivity index (χ4n) is 2.42. The van der Waals surface area contributed by atoms with Gasteiger partial charge in [-0.25, -0.2) is 0 Å². The van der Waals surface area contributed by atoms with Crippen LogP contribution in [-0.4, -0.2) is 10.8 Å². The van der Waals surface area contributed by atoms with Gasteiger partial charge in [0.25, 0.3) is 0 Å². The molecule has 98 valence electrons. The average molecular weight is 264 g/mol. The van der Waals surface area contributed by atoms with E-state index in [0.717, 1.165) is 5.52 Å². The van der Waals surface area contributed by atoms with Crippen molar-refractivity contribution in [1.29, 1.82) is 5.26 Å². The Hall–Kier alpha value is -2.80. The summed E-state index contributed by atoms with van der Waals surface area (Å²) in [5.74, 6) is 0.545. The van der Waals surface area contributed by atoms with E-state index in [-0.39, 0.29) is 5.78 Å². The molecule has 0 saturated carbocycles. The lowest BCUT2D eigenvalue weighted by Crippen LogP contribution is -2.02. The predicted molar refractivity (Wildman–Crippen MR) is 74.5 cm³/mol. The number of aromatic nitrogens is 1. The van der Waals surface area contributed by atoms with Crippen LogP contribution in [0.1, 0.15) is 34.2 Å². The first kappa shape index (κ1) is 12.2. The summed E-state index contributed by atoms with van der Waals surface area (Å²) in [5, 5.41) is 9.87. The van der Waals surface area contributed by atoms with E-state index < -0.39 is 0 Å². The van der Waals surface area contributed by atoms with Gasteiger partial charge >= 0.3 is 0 Å². The molecule has 1 N–H and O–H groups in total. The van der Waals surface area contributed by atoms with Crippen molar-refractivity contribution >= 4 is 16.7 Å². The van der Waals surface area contributed by atoms with E-state index in [2.05, 4.69) is 11.1 Å². The molecule has 0 aliphatic carbocycles. The highest BCUT2D eigenvalue weighted by atomic mass is 16.3. The molecule has 3 rings (SSSR count). The van der Waals surface area contributed by atoms with Crippen LogP contribution in [0.25, 0.3) is 10.9 Å². The van der Waals surface area contributed by atoms with Gasteiger partial charge in [-0.3, -0.25) is 4.79 Å². The molecule has 0 aliphatic rings. The minimum absolute atomic E-state index is 0.121. The van der Waals surface area contributed by atoms with Crippen LogP contribution >= 0.6 is 0 Å². The van der Waals surface area contributed by atoms with Crippen molar-refractivity contribution in [2.24, 2.45) is 0 Å². The van der Waals surface area contributed by atoms with Crippen molar-refractivity contribution in [2.75, 3.05) is 0 Å². The summed E-state index contributed by atoms with van der Waals surface area (Å²) in [7, 11) is 0. The lowest BCUT2D eigenvalue weighted by atomic mass is 9.99. The molecule has 4 heteroatoms. The number of nitrogens with zero attached hydrogens (tertiary/aromatic N) is 1. The van der Waals surface area contributed by atoms with Gasteiger partial charge in [-0.05, 0) is 18.2 Å². The quantitative estimate of drug-likeness (QED) is 0.737. The molecule has 0 unspecified atom stereocenters. The first-order valence-electron chi connectivity index (χ1n) is 6.37. The molecule has 2 heterocycles. The predicted octanol–water partition coefficient (Wildman–Crippen LogP) is 3.43. The average Bonchev–Trinajstić information content (AvgIpc) is 3.12. The Morgan fingerprint density at radius 1 is 1.35 bits per heavy atom. The lowest BCUT2D eigenvalue weighted by Gasteiger charge is -2.00. The maximum atomic E-state index is 12.6. The number of nitriles is 1. The molecule has 20 heavy (non-hydrogen) atoms. The van der Waals surface area contributed by atoms with Crippen LogP contribution in [0, 0.1) is 11.3 Å². The van der Waals surface area contributed by atoms with Crippen LogP contribution in [0.3, 0.4) is 0 Å². The second-order valence-electron chi connectivity index (χ2n) is 4.48. The molecule has 0 aliphatic heterocycles. The minimum Gasteiger partial charge on any atom is -0.469 e. The Kier molecular flexibility index (Phi) is 2.88. The van der Waals surface area contributed by atoms with Crippen molar-refractivity contribution < 1.29 is 9.21 Å².